The first-order chi connectivity index (χ1) is 7.52. The predicted molar refractivity (Wildman–Crippen MR) is 68.1 cm³/mol. The summed E-state index contributed by atoms with van der Waals surface area (Å²) in [7, 11) is 1.66. The Bertz CT molecular complexity index is 386. The molecular weight excluding hydrogens is 202 g/mol. The van der Waals surface area contributed by atoms with Crippen LogP contribution in [0.15, 0.2) is 23.2 Å². The van der Waals surface area contributed by atoms with Crippen molar-refractivity contribution in [2.45, 2.75) is 26.8 Å². The van der Waals surface area contributed by atoms with E-state index in [-0.39, 0.29) is 6.04 Å². The summed E-state index contributed by atoms with van der Waals surface area (Å²) in [6, 6.07) is 5.97. The number of nitrogens with one attached hydrogen (secondary N) is 1. The molecule has 0 saturated heterocycles. The van der Waals surface area contributed by atoms with E-state index in [9.17, 15) is 0 Å². The van der Waals surface area contributed by atoms with Crippen molar-refractivity contribution in [3.63, 3.8) is 0 Å². The van der Waals surface area contributed by atoms with Gasteiger partial charge in [-0.15, -0.1) is 0 Å². The Kier molecular flexibility index (Phi) is 4.17. The molecule has 0 amide bonds. The highest BCUT2D eigenvalue weighted by atomic mass is 16.5. The van der Waals surface area contributed by atoms with Crippen molar-refractivity contribution in [3.8, 4) is 5.75 Å². The van der Waals surface area contributed by atoms with Crippen LogP contribution in [-0.4, -0.2) is 19.1 Å². The summed E-state index contributed by atoms with van der Waals surface area (Å²) in [4.78, 5) is 4.20. The average molecular weight is 221 g/mol. The van der Waals surface area contributed by atoms with Gasteiger partial charge in [-0.1, -0.05) is 0 Å². The van der Waals surface area contributed by atoms with Crippen LogP contribution in [0.1, 0.15) is 19.4 Å². The van der Waals surface area contributed by atoms with E-state index in [4.69, 9.17) is 10.5 Å². The Morgan fingerprint density at radius 3 is 2.62 bits per heavy atom. The van der Waals surface area contributed by atoms with E-state index in [2.05, 4.69) is 10.3 Å². The standard InChI is InChI=1S/C12H19N3O/c1-8(2)14-12(13)15-10-5-6-11(16-4)9(3)7-10/h5-8H,1-4H3,(H3,13,14,15). The fourth-order valence-corrected chi connectivity index (χ4v) is 1.41. The normalized spacial score (nSPS) is 11.7. The lowest BCUT2D eigenvalue weighted by molar-refractivity contribution is 0.412. The van der Waals surface area contributed by atoms with E-state index in [0.717, 1.165) is 17.0 Å². The van der Waals surface area contributed by atoms with E-state index in [1.165, 1.54) is 0 Å². The molecule has 1 aromatic rings. The van der Waals surface area contributed by atoms with Crippen molar-refractivity contribution in [2.75, 3.05) is 12.4 Å². The highest BCUT2D eigenvalue weighted by Gasteiger charge is 2.01. The molecule has 0 atom stereocenters. The smallest absolute Gasteiger partial charge is 0.193 e. The number of benzene rings is 1. The number of hydrogen-bond acceptors (Lipinski definition) is 2. The predicted octanol–water partition coefficient (Wildman–Crippen LogP) is 2.14. The summed E-state index contributed by atoms with van der Waals surface area (Å²) in [5.74, 6) is 1.30. The van der Waals surface area contributed by atoms with Gasteiger partial charge in [-0.05, 0) is 44.5 Å². The molecule has 0 heterocycles. The van der Waals surface area contributed by atoms with Crippen LogP contribution in [0.5, 0.6) is 5.75 Å². The van der Waals surface area contributed by atoms with Crippen LogP contribution in [0.2, 0.25) is 0 Å². The maximum atomic E-state index is 5.73. The van der Waals surface area contributed by atoms with Gasteiger partial charge in [-0.3, -0.25) is 4.99 Å². The lowest BCUT2D eigenvalue weighted by Crippen LogP contribution is -2.23. The molecule has 0 unspecified atom stereocenters. The summed E-state index contributed by atoms with van der Waals surface area (Å²) in [6.45, 7) is 5.95. The second kappa shape index (κ2) is 5.39. The molecule has 0 fully saturated rings. The zero-order valence-electron chi connectivity index (χ0n) is 10.2. The number of methoxy groups -OCH3 is 1. The minimum absolute atomic E-state index is 0.187. The molecular formula is C12H19N3O. The molecule has 0 aromatic heterocycles. The second-order valence-electron chi connectivity index (χ2n) is 3.92. The van der Waals surface area contributed by atoms with E-state index in [1.54, 1.807) is 7.11 Å². The molecule has 16 heavy (non-hydrogen) atoms. The first-order valence-corrected chi connectivity index (χ1v) is 5.28. The van der Waals surface area contributed by atoms with Gasteiger partial charge in [0, 0.05) is 11.7 Å². The Morgan fingerprint density at radius 1 is 1.44 bits per heavy atom. The third kappa shape index (κ3) is 3.46. The zero-order valence-corrected chi connectivity index (χ0v) is 10.2. The molecule has 3 N–H and O–H groups in total. The molecule has 0 aliphatic rings. The average Bonchev–Trinajstić information content (AvgIpc) is 2.16. The fourth-order valence-electron chi connectivity index (χ4n) is 1.41. The Balaban J connectivity index is 2.79. The molecule has 4 nitrogen and oxygen atoms in total. The molecule has 4 heteroatoms. The van der Waals surface area contributed by atoms with Crippen LogP contribution in [0.3, 0.4) is 0 Å². The van der Waals surface area contributed by atoms with E-state index in [1.807, 2.05) is 39.0 Å². The molecule has 0 aliphatic carbocycles. The minimum atomic E-state index is 0.187. The molecule has 0 aliphatic heterocycles. The Hall–Kier alpha value is -1.71. The molecule has 0 saturated carbocycles. The lowest BCUT2D eigenvalue weighted by Gasteiger charge is -2.10. The van der Waals surface area contributed by atoms with Gasteiger partial charge in [-0.25, -0.2) is 0 Å². The number of aliphatic imine (C=N–C) groups is 1. The number of ether oxygens (including phenoxy) is 1. The monoisotopic (exact) mass is 221 g/mol. The first kappa shape index (κ1) is 12.4. The molecule has 0 spiro atoms. The van der Waals surface area contributed by atoms with Gasteiger partial charge in [-0.2, -0.15) is 0 Å². The van der Waals surface area contributed by atoms with Crippen molar-refractivity contribution in [3.05, 3.63) is 23.8 Å². The topological polar surface area (TPSA) is 59.6 Å². The van der Waals surface area contributed by atoms with E-state index in [0.29, 0.717) is 5.96 Å². The fraction of sp³-hybridized carbons (Fsp3) is 0.417. The number of nitrogens with two attached hydrogens (primary N) is 1. The van der Waals surface area contributed by atoms with Gasteiger partial charge in [0.1, 0.15) is 5.75 Å². The maximum absolute atomic E-state index is 5.73. The van der Waals surface area contributed by atoms with Crippen LogP contribution >= 0.6 is 0 Å². The van der Waals surface area contributed by atoms with Crippen molar-refractivity contribution in [1.29, 1.82) is 0 Å². The van der Waals surface area contributed by atoms with Crippen molar-refractivity contribution in [1.82, 2.24) is 0 Å². The van der Waals surface area contributed by atoms with Crippen molar-refractivity contribution < 1.29 is 4.74 Å². The third-order valence-electron chi connectivity index (χ3n) is 2.06. The van der Waals surface area contributed by atoms with E-state index >= 15 is 0 Å². The van der Waals surface area contributed by atoms with Gasteiger partial charge in [0.2, 0.25) is 0 Å². The van der Waals surface area contributed by atoms with E-state index < -0.39 is 0 Å². The van der Waals surface area contributed by atoms with Crippen LogP contribution < -0.4 is 15.8 Å². The summed E-state index contributed by atoms with van der Waals surface area (Å²) in [6.07, 6.45) is 0. The zero-order chi connectivity index (χ0) is 12.1. The highest BCUT2D eigenvalue weighted by molar-refractivity contribution is 5.92. The first-order valence-electron chi connectivity index (χ1n) is 5.28. The van der Waals surface area contributed by atoms with Crippen LogP contribution in [0, 0.1) is 6.92 Å². The molecule has 88 valence electrons. The van der Waals surface area contributed by atoms with Gasteiger partial charge in [0.05, 0.1) is 7.11 Å². The van der Waals surface area contributed by atoms with Gasteiger partial charge in [0.25, 0.3) is 0 Å². The molecule has 0 bridgehead atoms. The SMILES string of the molecule is COc1ccc(NC(N)=NC(C)C)cc1C. The molecule has 1 aromatic carbocycles. The second-order valence-corrected chi connectivity index (χ2v) is 3.92. The van der Waals surface area contributed by atoms with Crippen molar-refractivity contribution >= 4 is 11.6 Å². The minimum Gasteiger partial charge on any atom is -0.496 e. The largest absolute Gasteiger partial charge is 0.496 e. The van der Waals surface area contributed by atoms with Gasteiger partial charge in [0.15, 0.2) is 5.96 Å². The number of aryl methyl sites for hydroxylation is 1. The summed E-state index contributed by atoms with van der Waals surface area (Å²) in [5.41, 5.74) is 7.71. The third-order valence-corrected chi connectivity index (χ3v) is 2.06. The number of guanidine groups is 1. The Morgan fingerprint density at radius 2 is 2.12 bits per heavy atom. The molecule has 0 radical (unpaired) electrons. The summed E-state index contributed by atoms with van der Waals surface area (Å²) >= 11 is 0. The van der Waals surface area contributed by atoms with Gasteiger partial charge < -0.3 is 15.8 Å². The maximum Gasteiger partial charge on any atom is 0.193 e. The number of hydrogen-bond donors (Lipinski definition) is 2. The summed E-state index contributed by atoms with van der Waals surface area (Å²) < 4.78 is 5.18. The lowest BCUT2D eigenvalue weighted by atomic mass is 10.2. The Labute approximate surface area is 96.5 Å². The number of anilines is 1. The molecule has 1 rings (SSSR count). The highest BCUT2D eigenvalue weighted by Crippen LogP contribution is 2.21. The number of nitrogens with zero attached hydrogens (tertiary/aromatic N) is 1. The van der Waals surface area contributed by atoms with Crippen LogP contribution in [-0.2, 0) is 0 Å². The van der Waals surface area contributed by atoms with Crippen LogP contribution in [0.25, 0.3) is 0 Å². The van der Waals surface area contributed by atoms with Crippen molar-refractivity contribution in [2.24, 2.45) is 10.7 Å². The van der Waals surface area contributed by atoms with Crippen LogP contribution in [0.4, 0.5) is 5.69 Å². The van der Waals surface area contributed by atoms with Gasteiger partial charge >= 0.3 is 0 Å². The summed E-state index contributed by atoms with van der Waals surface area (Å²) in [5, 5.41) is 3.04. The quantitative estimate of drug-likeness (QED) is 0.607. The number of rotatable bonds is 3.